The number of benzene rings is 1. The van der Waals surface area contributed by atoms with E-state index >= 15 is 0 Å². The van der Waals surface area contributed by atoms with Crippen molar-refractivity contribution in [2.75, 3.05) is 31.1 Å². The molecule has 124 valence electrons. The van der Waals surface area contributed by atoms with Crippen LogP contribution < -0.4 is 4.90 Å². The predicted molar refractivity (Wildman–Crippen MR) is 93.8 cm³/mol. The van der Waals surface area contributed by atoms with Crippen molar-refractivity contribution < 1.29 is 4.79 Å². The number of nitrogens with zero attached hydrogens (tertiary/aromatic N) is 2. The average molecular weight is 333 g/mol. The molecule has 0 spiro atoms. The van der Waals surface area contributed by atoms with Gasteiger partial charge in [0.1, 0.15) is 0 Å². The summed E-state index contributed by atoms with van der Waals surface area (Å²) in [6.07, 6.45) is 6.25. The standard InChI is InChI=1S/C19H25ClN2O/c20-17-3-1-2-4-18(17)21-7-9-22(10-8-21)19(23)13-16-12-14-5-6-15(16)11-14/h1-4,14-16H,5-13H2/t14-,15+,16-/m0/s1. The highest BCUT2D eigenvalue weighted by molar-refractivity contribution is 6.33. The minimum absolute atomic E-state index is 0.376. The van der Waals surface area contributed by atoms with E-state index in [2.05, 4.69) is 15.9 Å². The predicted octanol–water partition coefficient (Wildman–Crippen LogP) is 3.81. The quantitative estimate of drug-likeness (QED) is 0.840. The molecule has 3 atom stereocenters. The molecular formula is C19H25ClN2O. The molecule has 0 aromatic heterocycles. The Morgan fingerprint density at radius 2 is 1.87 bits per heavy atom. The zero-order valence-corrected chi connectivity index (χ0v) is 14.3. The number of amides is 1. The molecule has 4 heteroatoms. The van der Waals surface area contributed by atoms with Crippen LogP contribution in [-0.2, 0) is 4.79 Å². The van der Waals surface area contributed by atoms with E-state index < -0.39 is 0 Å². The van der Waals surface area contributed by atoms with Gasteiger partial charge in [0.05, 0.1) is 10.7 Å². The molecule has 1 aliphatic heterocycles. The lowest BCUT2D eigenvalue weighted by Gasteiger charge is -2.37. The topological polar surface area (TPSA) is 23.6 Å². The van der Waals surface area contributed by atoms with Gasteiger partial charge in [-0.15, -0.1) is 0 Å². The third-order valence-corrected chi connectivity index (χ3v) is 6.47. The van der Waals surface area contributed by atoms with Gasteiger partial charge in [0, 0.05) is 32.6 Å². The van der Waals surface area contributed by atoms with Crippen LogP contribution in [0.15, 0.2) is 24.3 Å². The Hall–Kier alpha value is -1.22. The van der Waals surface area contributed by atoms with Crippen molar-refractivity contribution in [1.82, 2.24) is 4.90 Å². The van der Waals surface area contributed by atoms with Gasteiger partial charge in [0.2, 0.25) is 5.91 Å². The van der Waals surface area contributed by atoms with Gasteiger partial charge >= 0.3 is 0 Å². The number of anilines is 1. The maximum Gasteiger partial charge on any atom is 0.222 e. The number of piperazine rings is 1. The van der Waals surface area contributed by atoms with E-state index in [4.69, 9.17) is 11.6 Å². The summed E-state index contributed by atoms with van der Waals surface area (Å²) < 4.78 is 0. The second-order valence-corrected chi connectivity index (χ2v) is 7.87. The van der Waals surface area contributed by atoms with Crippen LogP contribution in [0.4, 0.5) is 5.69 Å². The smallest absolute Gasteiger partial charge is 0.222 e. The van der Waals surface area contributed by atoms with Gasteiger partial charge in [0.15, 0.2) is 0 Å². The van der Waals surface area contributed by atoms with Gasteiger partial charge in [-0.05, 0) is 49.1 Å². The van der Waals surface area contributed by atoms with E-state index in [1.165, 1.54) is 25.7 Å². The van der Waals surface area contributed by atoms with Crippen molar-refractivity contribution in [3.8, 4) is 0 Å². The lowest BCUT2D eigenvalue weighted by molar-refractivity contribution is -0.132. The summed E-state index contributed by atoms with van der Waals surface area (Å²) >= 11 is 6.28. The van der Waals surface area contributed by atoms with Gasteiger partial charge in [-0.25, -0.2) is 0 Å². The van der Waals surface area contributed by atoms with E-state index in [9.17, 15) is 4.79 Å². The Morgan fingerprint density at radius 1 is 1.09 bits per heavy atom. The summed E-state index contributed by atoms with van der Waals surface area (Å²) in [5.74, 6) is 2.81. The fourth-order valence-electron chi connectivity index (χ4n) is 4.88. The Labute approximate surface area is 143 Å². The molecule has 0 N–H and O–H groups in total. The van der Waals surface area contributed by atoms with Crippen molar-refractivity contribution in [1.29, 1.82) is 0 Å². The second kappa shape index (κ2) is 6.35. The van der Waals surface area contributed by atoms with Gasteiger partial charge < -0.3 is 9.80 Å². The molecule has 3 aliphatic rings. The second-order valence-electron chi connectivity index (χ2n) is 7.46. The highest BCUT2D eigenvalue weighted by Crippen LogP contribution is 2.49. The SMILES string of the molecule is O=C(C[C@@H]1C[C@H]2CC[C@@H]1C2)N1CCN(c2ccccc2Cl)CC1. The van der Waals surface area contributed by atoms with Gasteiger partial charge in [-0.3, -0.25) is 4.79 Å². The van der Waals surface area contributed by atoms with Gasteiger partial charge in [-0.2, -0.15) is 0 Å². The molecule has 1 heterocycles. The number of fused-ring (bicyclic) bond motifs is 2. The van der Waals surface area contributed by atoms with Gasteiger partial charge in [-0.1, -0.05) is 30.2 Å². The molecule has 0 unspecified atom stereocenters. The van der Waals surface area contributed by atoms with Crippen molar-refractivity contribution >= 4 is 23.2 Å². The maximum atomic E-state index is 12.6. The molecule has 4 rings (SSSR count). The summed E-state index contributed by atoms with van der Waals surface area (Å²) in [5.41, 5.74) is 1.09. The third-order valence-electron chi connectivity index (χ3n) is 6.15. The van der Waals surface area contributed by atoms with Crippen molar-refractivity contribution in [3.05, 3.63) is 29.3 Å². The van der Waals surface area contributed by atoms with Crippen LogP contribution in [0.25, 0.3) is 0 Å². The highest BCUT2D eigenvalue weighted by atomic mass is 35.5. The van der Waals surface area contributed by atoms with Crippen LogP contribution in [0.5, 0.6) is 0 Å². The number of hydrogen-bond acceptors (Lipinski definition) is 2. The number of rotatable bonds is 3. The molecule has 23 heavy (non-hydrogen) atoms. The molecule has 1 aromatic carbocycles. The number of para-hydroxylation sites is 1. The lowest BCUT2D eigenvalue weighted by Crippen LogP contribution is -2.49. The molecule has 1 aromatic rings. The Kier molecular flexibility index (Phi) is 4.23. The van der Waals surface area contributed by atoms with Crippen LogP contribution >= 0.6 is 11.6 Å². The first-order valence-electron chi connectivity index (χ1n) is 8.98. The number of halogens is 1. The first-order chi connectivity index (χ1) is 11.2. The molecule has 1 amide bonds. The molecule has 2 saturated carbocycles. The molecule has 2 aliphatic carbocycles. The summed E-state index contributed by atoms with van der Waals surface area (Å²) in [5, 5.41) is 0.800. The summed E-state index contributed by atoms with van der Waals surface area (Å²) in [4.78, 5) is 17.0. The Morgan fingerprint density at radius 3 is 2.52 bits per heavy atom. The van der Waals surface area contributed by atoms with E-state index in [0.717, 1.165) is 55.1 Å². The van der Waals surface area contributed by atoms with Crippen LogP contribution in [0, 0.1) is 17.8 Å². The first-order valence-corrected chi connectivity index (χ1v) is 9.36. The number of carbonyl (C=O) groups is 1. The zero-order valence-electron chi connectivity index (χ0n) is 13.6. The molecule has 3 nitrogen and oxygen atoms in total. The number of carbonyl (C=O) groups excluding carboxylic acids is 1. The zero-order chi connectivity index (χ0) is 15.8. The largest absolute Gasteiger partial charge is 0.367 e. The first kappa shape index (κ1) is 15.3. The van der Waals surface area contributed by atoms with Crippen molar-refractivity contribution in [2.24, 2.45) is 17.8 Å². The molecular weight excluding hydrogens is 308 g/mol. The summed E-state index contributed by atoms with van der Waals surface area (Å²) in [7, 11) is 0. The van der Waals surface area contributed by atoms with Crippen LogP contribution in [-0.4, -0.2) is 37.0 Å². The van der Waals surface area contributed by atoms with E-state index in [1.54, 1.807) is 0 Å². The highest BCUT2D eigenvalue weighted by Gasteiger charge is 2.40. The Balaban J connectivity index is 1.31. The van der Waals surface area contributed by atoms with Gasteiger partial charge in [0.25, 0.3) is 0 Å². The maximum absolute atomic E-state index is 12.6. The van der Waals surface area contributed by atoms with E-state index in [1.807, 2.05) is 18.2 Å². The minimum atomic E-state index is 0.376. The third kappa shape index (κ3) is 3.08. The normalized spacial score (nSPS) is 30.0. The molecule has 2 bridgehead atoms. The Bertz CT molecular complexity index is 582. The fourth-order valence-corrected chi connectivity index (χ4v) is 5.14. The molecule has 0 radical (unpaired) electrons. The number of hydrogen-bond donors (Lipinski definition) is 0. The fraction of sp³-hybridized carbons (Fsp3) is 0.632. The average Bonchev–Trinajstić information content (AvgIpc) is 3.18. The summed E-state index contributed by atoms with van der Waals surface area (Å²) in [6, 6.07) is 7.98. The lowest BCUT2D eigenvalue weighted by atomic mass is 9.86. The van der Waals surface area contributed by atoms with Crippen molar-refractivity contribution in [2.45, 2.75) is 32.1 Å². The monoisotopic (exact) mass is 332 g/mol. The van der Waals surface area contributed by atoms with Crippen LogP contribution in [0.3, 0.4) is 0 Å². The van der Waals surface area contributed by atoms with Crippen molar-refractivity contribution in [3.63, 3.8) is 0 Å². The van der Waals surface area contributed by atoms with E-state index in [0.29, 0.717) is 11.8 Å². The minimum Gasteiger partial charge on any atom is -0.367 e. The van der Waals surface area contributed by atoms with E-state index in [-0.39, 0.29) is 0 Å². The van der Waals surface area contributed by atoms with Crippen LogP contribution in [0.1, 0.15) is 32.1 Å². The molecule has 1 saturated heterocycles. The summed E-state index contributed by atoms with van der Waals surface area (Å²) in [6.45, 7) is 3.41. The van der Waals surface area contributed by atoms with Crippen LogP contribution in [0.2, 0.25) is 5.02 Å². The molecule has 3 fully saturated rings.